The van der Waals surface area contributed by atoms with E-state index in [-0.39, 0.29) is 11.3 Å². The van der Waals surface area contributed by atoms with Crippen LogP contribution in [0.15, 0.2) is 36.5 Å². The monoisotopic (exact) mass is 252 g/mol. The molecule has 1 aromatic heterocycles. The van der Waals surface area contributed by atoms with Crippen molar-refractivity contribution < 1.29 is 18.0 Å². The predicted octanol–water partition coefficient (Wildman–Crippen LogP) is 2.75. The standard InChI is InChI=1S/C12H7F3N2O/c13-9-4-3-7(6-10(9)14)17-12(18)8-2-1-5-16-11(8)15/h1-6H,(H,17,18). The first-order valence-corrected chi connectivity index (χ1v) is 4.95. The lowest BCUT2D eigenvalue weighted by atomic mass is 10.2. The van der Waals surface area contributed by atoms with E-state index >= 15 is 0 Å². The number of aromatic nitrogens is 1. The second-order valence-electron chi connectivity index (χ2n) is 3.42. The van der Waals surface area contributed by atoms with Crippen LogP contribution in [0, 0.1) is 17.6 Å². The highest BCUT2D eigenvalue weighted by molar-refractivity contribution is 6.04. The van der Waals surface area contributed by atoms with Crippen molar-refractivity contribution in [2.24, 2.45) is 0 Å². The Balaban J connectivity index is 2.22. The number of pyridine rings is 1. The maximum absolute atomic E-state index is 13.2. The van der Waals surface area contributed by atoms with Crippen LogP contribution in [0.3, 0.4) is 0 Å². The van der Waals surface area contributed by atoms with Crippen molar-refractivity contribution in [3.05, 3.63) is 59.7 Å². The smallest absolute Gasteiger partial charge is 0.260 e. The van der Waals surface area contributed by atoms with Gasteiger partial charge < -0.3 is 5.32 Å². The summed E-state index contributed by atoms with van der Waals surface area (Å²) >= 11 is 0. The molecular weight excluding hydrogens is 245 g/mol. The lowest BCUT2D eigenvalue weighted by Crippen LogP contribution is -2.14. The number of carbonyl (C=O) groups is 1. The van der Waals surface area contributed by atoms with Crippen LogP contribution in [0.5, 0.6) is 0 Å². The first kappa shape index (κ1) is 12.1. The van der Waals surface area contributed by atoms with Gasteiger partial charge in [0, 0.05) is 18.0 Å². The zero-order chi connectivity index (χ0) is 13.1. The molecule has 0 bridgehead atoms. The van der Waals surface area contributed by atoms with E-state index in [0.717, 1.165) is 12.1 Å². The number of carbonyl (C=O) groups excluding carboxylic acids is 1. The number of anilines is 1. The largest absolute Gasteiger partial charge is 0.322 e. The van der Waals surface area contributed by atoms with Gasteiger partial charge in [0.25, 0.3) is 5.91 Å². The highest BCUT2D eigenvalue weighted by Gasteiger charge is 2.13. The molecule has 2 aromatic rings. The molecule has 0 aliphatic carbocycles. The number of hydrogen-bond acceptors (Lipinski definition) is 2. The van der Waals surface area contributed by atoms with Crippen molar-refractivity contribution in [3.8, 4) is 0 Å². The van der Waals surface area contributed by atoms with Gasteiger partial charge in [-0.3, -0.25) is 4.79 Å². The fourth-order valence-electron chi connectivity index (χ4n) is 1.33. The highest BCUT2D eigenvalue weighted by atomic mass is 19.2. The Morgan fingerprint density at radius 1 is 1.11 bits per heavy atom. The highest BCUT2D eigenvalue weighted by Crippen LogP contribution is 2.14. The minimum Gasteiger partial charge on any atom is -0.322 e. The van der Waals surface area contributed by atoms with Crippen molar-refractivity contribution in [3.63, 3.8) is 0 Å². The van der Waals surface area contributed by atoms with Crippen LogP contribution in [0.25, 0.3) is 0 Å². The molecule has 0 atom stereocenters. The summed E-state index contributed by atoms with van der Waals surface area (Å²) in [5, 5.41) is 2.24. The summed E-state index contributed by atoms with van der Waals surface area (Å²) in [5.41, 5.74) is -0.246. The van der Waals surface area contributed by atoms with Crippen molar-refractivity contribution in [2.75, 3.05) is 5.32 Å². The maximum Gasteiger partial charge on any atom is 0.260 e. The zero-order valence-electron chi connectivity index (χ0n) is 8.95. The van der Waals surface area contributed by atoms with Gasteiger partial charge in [-0.2, -0.15) is 4.39 Å². The molecule has 1 heterocycles. The molecule has 0 unspecified atom stereocenters. The van der Waals surface area contributed by atoms with Crippen LogP contribution >= 0.6 is 0 Å². The lowest BCUT2D eigenvalue weighted by Gasteiger charge is -2.05. The molecule has 0 saturated heterocycles. The van der Waals surface area contributed by atoms with Crippen LogP contribution in [-0.4, -0.2) is 10.9 Å². The van der Waals surface area contributed by atoms with Crippen LogP contribution in [0.2, 0.25) is 0 Å². The minimum atomic E-state index is -1.10. The van der Waals surface area contributed by atoms with Gasteiger partial charge in [-0.1, -0.05) is 0 Å². The van der Waals surface area contributed by atoms with E-state index in [9.17, 15) is 18.0 Å². The molecule has 2 rings (SSSR count). The Hall–Kier alpha value is -2.37. The Morgan fingerprint density at radius 2 is 1.89 bits per heavy atom. The average Bonchev–Trinajstić information content (AvgIpc) is 2.34. The Bertz CT molecular complexity index is 602. The number of rotatable bonds is 2. The van der Waals surface area contributed by atoms with E-state index in [1.54, 1.807) is 0 Å². The van der Waals surface area contributed by atoms with Crippen LogP contribution in [0.1, 0.15) is 10.4 Å². The molecule has 0 saturated carbocycles. The van der Waals surface area contributed by atoms with Crippen LogP contribution in [-0.2, 0) is 0 Å². The van der Waals surface area contributed by atoms with E-state index in [1.165, 1.54) is 24.4 Å². The lowest BCUT2D eigenvalue weighted by molar-refractivity contribution is 0.102. The van der Waals surface area contributed by atoms with Gasteiger partial charge in [-0.05, 0) is 24.3 Å². The van der Waals surface area contributed by atoms with E-state index in [2.05, 4.69) is 10.3 Å². The van der Waals surface area contributed by atoms with Crippen molar-refractivity contribution >= 4 is 11.6 Å². The van der Waals surface area contributed by atoms with Crippen molar-refractivity contribution in [1.29, 1.82) is 0 Å². The molecule has 3 nitrogen and oxygen atoms in total. The molecule has 18 heavy (non-hydrogen) atoms. The van der Waals surface area contributed by atoms with Gasteiger partial charge in [-0.25, -0.2) is 13.8 Å². The Morgan fingerprint density at radius 3 is 2.56 bits per heavy atom. The van der Waals surface area contributed by atoms with E-state index < -0.39 is 23.5 Å². The zero-order valence-corrected chi connectivity index (χ0v) is 8.95. The van der Waals surface area contributed by atoms with Crippen LogP contribution in [0.4, 0.5) is 18.9 Å². The Kier molecular flexibility index (Phi) is 3.27. The molecule has 92 valence electrons. The third-order valence-corrected chi connectivity index (χ3v) is 2.18. The van der Waals surface area contributed by atoms with E-state index in [4.69, 9.17) is 0 Å². The summed E-state index contributed by atoms with van der Waals surface area (Å²) in [7, 11) is 0. The summed E-state index contributed by atoms with van der Waals surface area (Å²) in [6.45, 7) is 0. The van der Waals surface area contributed by atoms with E-state index in [1.807, 2.05) is 0 Å². The average molecular weight is 252 g/mol. The predicted molar refractivity (Wildman–Crippen MR) is 58.5 cm³/mol. The van der Waals surface area contributed by atoms with Gasteiger partial charge in [0.15, 0.2) is 11.6 Å². The Labute approximate surface area is 100 Å². The summed E-state index contributed by atoms with van der Waals surface area (Å²) in [4.78, 5) is 14.9. The second kappa shape index (κ2) is 4.87. The minimum absolute atomic E-state index is 0.0298. The summed E-state index contributed by atoms with van der Waals surface area (Å²) < 4.78 is 38.7. The third kappa shape index (κ3) is 2.48. The topological polar surface area (TPSA) is 42.0 Å². The van der Waals surface area contributed by atoms with E-state index in [0.29, 0.717) is 0 Å². The number of nitrogens with one attached hydrogen (secondary N) is 1. The molecule has 0 fully saturated rings. The maximum atomic E-state index is 13.2. The third-order valence-electron chi connectivity index (χ3n) is 2.18. The molecule has 0 aliphatic rings. The fraction of sp³-hybridized carbons (Fsp3) is 0. The first-order valence-electron chi connectivity index (χ1n) is 4.95. The van der Waals surface area contributed by atoms with Crippen molar-refractivity contribution in [1.82, 2.24) is 4.98 Å². The molecule has 0 radical (unpaired) electrons. The molecule has 1 amide bonds. The second-order valence-corrected chi connectivity index (χ2v) is 3.42. The van der Waals surface area contributed by atoms with Gasteiger partial charge in [0.1, 0.15) is 0 Å². The van der Waals surface area contributed by atoms with Gasteiger partial charge in [-0.15, -0.1) is 0 Å². The van der Waals surface area contributed by atoms with Gasteiger partial charge in [0.05, 0.1) is 5.56 Å². The molecule has 1 aromatic carbocycles. The first-order chi connectivity index (χ1) is 8.58. The summed E-state index contributed by atoms with van der Waals surface area (Å²) in [5.74, 6) is -3.84. The fourth-order valence-corrected chi connectivity index (χ4v) is 1.33. The van der Waals surface area contributed by atoms with Crippen LogP contribution < -0.4 is 5.32 Å². The van der Waals surface area contributed by atoms with Gasteiger partial charge >= 0.3 is 0 Å². The number of benzene rings is 1. The summed E-state index contributed by atoms with van der Waals surface area (Å²) in [6.07, 6.45) is 1.20. The van der Waals surface area contributed by atoms with Gasteiger partial charge in [0.2, 0.25) is 5.95 Å². The molecular formula is C12H7F3N2O. The SMILES string of the molecule is O=C(Nc1ccc(F)c(F)c1)c1cccnc1F. The number of hydrogen-bond donors (Lipinski definition) is 1. The number of amides is 1. The summed E-state index contributed by atoms with van der Waals surface area (Å²) in [6, 6.07) is 5.47. The normalized spacial score (nSPS) is 10.2. The molecule has 1 N–H and O–H groups in total. The quantitative estimate of drug-likeness (QED) is 0.835. The van der Waals surface area contributed by atoms with Crippen molar-refractivity contribution in [2.45, 2.75) is 0 Å². The number of nitrogens with zero attached hydrogens (tertiary/aromatic N) is 1. The molecule has 0 aliphatic heterocycles. The molecule has 6 heteroatoms. The molecule has 0 spiro atoms. The number of halogens is 3.